The number of nitrogens with zero attached hydrogens (tertiary/aromatic N) is 2. The first-order valence-corrected chi connectivity index (χ1v) is 12.8. The first-order chi connectivity index (χ1) is 17.2. The van der Waals surface area contributed by atoms with Crippen molar-refractivity contribution >= 4 is 11.8 Å². The van der Waals surface area contributed by atoms with E-state index in [1.54, 1.807) is 11.2 Å². The monoisotopic (exact) mass is 472 g/mol. The Hall–Kier alpha value is -3.34. The van der Waals surface area contributed by atoms with Crippen LogP contribution in [0.15, 0.2) is 83.5 Å². The molecule has 3 aromatic rings. The van der Waals surface area contributed by atoms with Crippen molar-refractivity contribution in [3.8, 4) is 0 Å². The fourth-order valence-electron chi connectivity index (χ4n) is 5.09. The van der Waals surface area contributed by atoms with E-state index in [9.17, 15) is 9.59 Å². The van der Waals surface area contributed by atoms with Gasteiger partial charge in [0, 0.05) is 12.6 Å². The molecule has 1 saturated carbocycles. The lowest BCUT2D eigenvalue weighted by atomic mass is 9.90. The van der Waals surface area contributed by atoms with Gasteiger partial charge in [0.1, 0.15) is 12.3 Å². The average molecular weight is 473 g/mol. The lowest BCUT2D eigenvalue weighted by Gasteiger charge is -2.37. The van der Waals surface area contributed by atoms with E-state index < -0.39 is 0 Å². The molecule has 0 N–H and O–H groups in total. The van der Waals surface area contributed by atoms with Crippen molar-refractivity contribution in [2.24, 2.45) is 0 Å². The van der Waals surface area contributed by atoms with Crippen LogP contribution in [0.2, 0.25) is 0 Å². The summed E-state index contributed by atoms with van der Waals surface area (Å²) in [7, 11) is 0. The van der Waals surface area contributed by atoms with Crippen molar-refractivity contribution in [2.75, 3.05) is 6.54 Å². The van der Waals surface area contributed by atoms with Gasteiger partial charge in [0.15, 0.2) is 0 Å². The number of hydrogen-bond acceptors (Lipinski definition) is 3. The topological polar surface area (TPSA) is 53.8 Å². The summed E-state index contributed by atoms with van der Waals surface area (Å²) in [5.74, 6) is 0.516. The summed E-state index contributed by atoms with van der Waals surface area (Å²) in [5.41, 5.74) is 2.07. The maximum atomic E-state index is 13.9. The molecule has 5 nitrogen and oxygen atoms in total. The summed E-state index contributed by atoms with van der Waals surface area (Å²) in [5, 5.41) is 0. The van der Waals surface area contributed by atoms with Crippen molar-refractivity contribution < 1.29 is 14.0 Å². The van der Waals surface area contributed by atoms with Crippen LogP contribution in [0.4, 0.5) is 0 Å². The van der Waals surface area contributed by atoms with E-state index in [2.05, 4.69) is 6.92 Å². The minimum Gasteiger partial charge on any atom is -0.467 e. The third-order valence-electron chi connectivity index (χ3n) is 7.01. The minimum absolute atomic E-state index is 0.0490. The van der Waals surface area contributed by atoms with Gasteiger partial charge in [-0.3, -0.25) is 9.59 Å². The van der Waals surface area contributed by atoms with Crippen molar-refractivity contribution in [3.05, 3.63) is 95.9 Å². The second-order valence-corrected chi connectivity index (χ2v) is 9.44. The van der Waals surface area contributed by atoms with Crippen molar-refractivity contribution in [3.63, 3.8) is 0 Å². The Bertz CT molecular complexity index is 1040. The zero-order chi connectivity index (χ0) is 24.5. The maximum absolute atomic E-state index is 13.9. The van der Waals surface area contributed by atoms with Gasteiger partial charge in [-0.2, -0.15) is 0 Å². The smallest absolute Gasteiger partial charge is 0.242 e. The van der Waals surface area contributed by atoms with Crippen LogP contribution in [-0.4, -0.2) is 34.2 Å². The molecule has 0 bridgehead atoms. The Kier molecular flexibility index (Phi) is 8.77. The molecule has 2 amide bonds. The Labute approximate surface area is 208 Å². The highest BCUT2D eigenvalue weighted by Gasteiger charge is 2.33. The molecule has 5 heteroatoms. The van der Waals surface area contributed by atoms with E-state index in [0.717, 1.165) is 42.6 Å². The Morgan fingerprint density at radius 2 is 1.57 bits per heavy atom. The van der Waals surface area contributed by atoms with E-state index in [4.69, 9.17) is 4.42 Å². The summed E-state index contributed by atoms with van der Waals surface area (Å²) in [6.07, 6.45) is 7.66. The number of rotatable bonds is 10. The van der Waals surface area contributed by atoms with Crippen LogP contribution in [0, 0.1) is 0 Å². The molecule has 1 aromatic heterocycles. The van der Waals surface area contributed by atoms with Gasteiger partial charge in [0.2, 0.25) is 11.8 Å². The van der Waals surface area contributed by atoms with Crippen LogP contribution >= 0.6 is 0 Å². The molecule has 35 heavy (non-hydrogen) atoms. The number of furan rings is 1. The van der Waals surface area contributed by atoms with Crippen LogP contribution in [0.5, 0.6) is 0 Å². The molecule has 1 unspecified atom stereocenters. The molecule has 1 atom stereocenters. The van der Waals surface area contributed by atoms with Gasteiger partial charge in [-0.15, -0.1) is 0 Å². The Morgan fingerprint density at radius 3 is 2.20 bits per heavy atom. The molecule has 0 spiro atoms. The fourth-order valence-corrected chi connectivity index (χ4v) is 5.09. The maximum Gasteiger partial charge on any atom is 0.242 e. The highest BCUT2D eigenvalue weighted by Crippen LogP contribution is 2.28. The molecule has 2 aromatic carbocycles. The second-order valence-electron chi connectivity index (χ2n) is 9.44. The van der Waals surface area contributed by atoms with E-state index >= 15 is 0 Å². The van der Waals surface area contributed by atoms with Crippen molar-refractivity contribution in [1.82, 2.24) is 9.80 Å². The van der Waals surface area contributed by atoms with Crippen LogP contribution in [0.1, 0.15) is 68.3 Å². The third kappa shape index (κ3) is 6.62. The van der Waals surface area contributed by atoms with Gasteiger partial charge in [-0.05, 0) is 42.5 Å². The van der Waals surface area contributed by atoms with Gasteiger partial charge in [0.05, 0.1) is 18.7 Å². The molecule has 1 heterocycles. The molecule has 0 saturated heterocycles. The number of carbonyl (C=O) groups excluding carboxylic acids is 2. The molecule has 0 aliphatic heterocycles. The summed E-state index contributed by atoms with van der Waals surface area (Å²) in [6, 6.07) is 23.8. The number of amides is 2. The molecule has 1 aliphatic carbocycles. The molecule has 0 radical (unpaired) electrons. The lowest BCUT2D eigenvalue weighted by Crippen LogP contribution is -2.49. The fraction of sp³-hybridized carbons (Fsp3) is 0.400. The van der Waals surface area contributed by atoms with Crippen molar-refractivity contribution in [2.45, 2.75) is 70.5 Å². The normalized spacial score (nSPS) is 14.9. The van der Waals surface area contributed by atoms with Crippen LogP contribution in [0.3, 0.4) is 0 Å². The summed E-state index contributed by atoms with van der Waals surface area (Å²) >= 11 is 0. The van der Waals surface area contributed by atoms with Gasteiger partial charge in [0.25, 0.3) is 0 Å². The van der Waals surface area contributed by atoms with Gasteiger partial charge >= 0.3 is 0 Å². The largest absolute Gasteiger partial charge is 0.467 e. The van der Waals surface area contributed by atoms with Gasteiger partial charge in [-0.1, -0.05) is 86.8 Å². The second kappa shape index (κ2) is 12.4. The van der Waals surface area contributed by atoms with Crippen LogP contribution in [-0.2, 0) is 22.7 Å². The van der Waals surface area contributed by atoms with E-state index in [-0.39, 0.29) is 30.3 Å². The van der Waals surface area contributed by atoms with E-state index in [0.29, 0.717) is 19.5 Å². The average Bonchev–Trinajstić information content (AvgIpc) is 3.42. The number of benzene rings is 2. The van der Waals surface area contributed by atoms with Crippen molar-refractivity contribution in [1.29, 1.82) is 0 Å². The Morgan fingerprint density at radius 1 is 0.886 bits per heavy atom. The molecular weight excluding hydrogens is 436 g/mol. The SMILES string of the molecule is CCC(C(=O)N(CC(=O)N(Cc1ccccc1)Cc1ccco1)C1CCCCC1)c1ccccc1. The highest BCUT2D eigenvalue weighted by atomic mass is 16.3. The molecule has 1 fully saturated rings. The number of carbonyl (C=O) groups is 2. The van der Waals surface area contributed by atoms with Gasteiger partial charge in [-0.25, -0.2) is 0 Å². The standard InChI is InChI=1S/C30H36N2O3/c1-2-28(25-15-8-4-9-16-25)30(34)32(26-17-10-5-11-18-26)23-29(33)31(22-27-19-12-20-35-27)21-24-13-6-3-7-14-24/h3-4,6-9,12-16,19-20,26,28H,2,5,10-11,17-18,21-23H2,1H3. The summed E-state index contributed by atoms with van der Waals surface area (Å²) in [6.45, 7) is 3.00. The zero-order valence-corrected chi connectivity index (χ0v) is 20.6. The molecule has 4 rings (SSSR count). The van der Waals surface area contributed by atoms with Gasteiger partial charge < -0.3 is 14.2 Å². The quantitative estimate of drug-likeness (QED) is 0.355. The minimum atomic E-state index is -0.237. The highest BCUT2D eigenvalue weighted by molar-refractivity contribution is 5.89. The third-order valence-corrected chi connectivity index (χ3v) is 7.01. The molecule has 184 valence electrons. The number of hydrogen-bond donors (Lipinski definition) is 0. The predicted molar refractivity (Wildman–Crippen MR) is 137 cm³/mol. The predicted octanol–water partition coefficient (Wildman–Crippen LogP) is 6.16. The van der Waals surface area contributed by atoms with Crippen LogP contribution < -0.4 is 0 Å². The van der Waals surface area contributed by atoms with E-state index in [1.165, 1.54) is 6.42 Å². The first kappa shape index (κ1) is 24.8. The summed E-state index contributed by atoms with van der Waals surface area (Å²) < 4.78 is 5.56. The van der Waals surface area contributed by atoms with Crippen LogP contribution in [0.25, 0.3) is 0 Å². The van der Waals surface area contributed by atoms with E-state index in [1.807, 2.05) is 77.7 Å². The zero-order valence-electron chi connectivity index (χ0n) is 20.6. The molecular formula is C30H36N2O3. The Balaban J connectivity index is 1.57. The first-order valence-electron chi connectivity index (χ1n) is 12.8. The summed E-state index contributed by atoms with van der Waals surface area (Å²) in [4.78, 5) is 31.4. The molecule has 1 aliphatic rings. The lowest BCUT2D eigenvalue weighted by molar-refractivity contribution is -0.145.